The molecule has 0 bridgehead atoms. The van der Waals surface area contributed by atoms with Crippen molar-refractivity contribution in [3.63, 3.8) is 0 Å². The minimum Gasteiger partial charge on any atom is -0.507 e. The molecule has 2 rings (SSSR count). The minimum atomic E-state index is -1.32. The number of amides is 1. The van der Waals surface area contributed by atoms with Crippen molar-refractivity contribution in [1.29, 1.82) is 0 Å². The molecule has 0 aliphatic heterocycles. The summed E-state index contributed by atoms with van der Waals surface area (Å²) in [5.41, 5.74) is -0.174. The molecule has 0 aromatic heterocycles. The van der Waals surface area contributed by atoms with Gasteiger partial charge in [-0.1, -0.05) is 11.6 Å². The van der Waals surface area contributed by atoms with Crippen LogP contribution in [0.25, 0.3) is 0 Å². The van der Waals surface area contributed by atoms with Crippen molar-refractivity contribution in [2.45, 2.75) is 13.2 Å². The van der Waals surface area contributed by atoms with E-state index in [0.717, 1.165) is 12.1 Å². The zero-order valence-corrected chi connectivity index (χ0v) is 13.3. The van der Waals surface area contributed by atoms with Gasteiger partial charge in [0, 0.05) is 17.6 Å². The lowest BCUT2D eigenvalue weighted by atomic mass is 10.2. The van der Waals surface area contributed by atoms with E-state index < -0.39 is 24.1 Å². The average molecular weight is 352 g/mol. The summed E-state index contributed by atoms with van der Waals surface area (Å²) in [6, 6.07) is 10.1. The van der Waals surface area contributed by atoms with E-state index in [4.69, 9.17) is 26.2 Å². The molecule has 2 aromatic rings. The summed E-state index contributed by atoms with van der Waals surface area (Å²) < 4.78 is 10.4. The largest absolute Gasteiger partial charge is 0.507 e. The molecule has 24 heavy (non-hydrogen) atoms. The molecule has 2 aromatic carbocycles. The van der Waals surface area contributed by atoms with Gasteiger partial charge in [0.05, 0.1) is 0 Å². The number of hydrogen-bond donors (Lipinski definition) is 3. The van der Waals surface area contributed by atoms with Gasteiger partial charge in [-0.3, -0.25) is 5.32 Å². The van der Waals surface area contributed by atoms with Crippen molar-refractivity contribution in [1.82, 2.24) is 0 Å². The first-order chi connectivity index (χ1) is 11.3. The average Bonchev–Trinajstić information content (AvgIpc) is 2.51. The Morgan fingerprint density at radius 2 is 1.83 bits per heavy atom. The van der Waals surface area contributed by atoms with Gasteiger partial charge in [0.25, 0.3) is 0 Å². The predicted octanol–water partition coefficient (Wildman–Crippen LogP) is 3.72. The van der Waals surface area contributed by atoms with E-state index in [1.165, 1.54) is 13.0 Å². The first-order valence-electron chi connectivity index (χ1n) is 6.81. The topological polar surface area (TPSA) is 105 Å². The number of halogens is 1. The third kappa shape index (κ3) is 4.79. The molecule has 3 N–H and O–H groups in total. The van der Waals surface area contributed by atoms with E-state index in [0.29, 0.717) is 10.8 Å². The highest BCUT2D eigenvalue weighted by atomic mass is 35.5. The Balaban J connectivity index is 1.94. The van der Waals surface area contributed by atoms with Crippen molar-refractivity contribution in [2.24, 2.45) is 0 Å². The summed E-state index contributed by atoms with van der Waals surface area (Å²) >= 11 is 5.76. The third-order valence-corrected chi connectivity index (χ3v) is 3.11. The zero-order valence-electron chi connectivity index (χ0n) is 12.5. The van der Waals surface area contributed by atoms with Crippen LogP contribution in [0.5, 0.6) is 11.5 Å². The lowest BCUT2D eigenvalue weighted by Crippen LogP contribution is -2.24. The van der Waals surface area contributed by atoms with Gasteiger partial charge in [-0.2, -0.15) is 0 Å². The van der Waals surface area contributed by atoms with Gasteiger partial charge < -0.3 is 19.7 Å². The van der Waals surface area contributed by atoms with Crippen molar-refractivity contribution >= 4 is 29.4 Å². The summed E-state index contributed by atoms with van der Waals surface area (Å²) in [4.78, 5) is 22.7. The summed E-state index contributed by atoms with van der Waals surface area (Å²) in [7, 11) is 0. The molecular formula is C16H14ClNO6. The standard InChI is InChI=1S/C16H14ClNO6/c1-9(23-12-5-2-10(17)3-6-12)24-16(22)18-11-4-7-14(19)13(8-11)15(20)21/h2-9,19H,1H3,(H,18,22)(H,20,21). The molecule has 0 fully saturated rings. The fraction of sp³-hybridized carbons (Fsp3) is 0.125. The van der Waals surface area contributed by atoms with Crippen LogP contribution in [0.4, 0.5) is 10.5 Å². The number of carbonyl (C=O) groups excluding carboxylic acids is 1. The Morgan fingerprint density at radius 1 is 1.17 bits per heavy atom. The highest BCUT2D eigenvalue weighted by Crippen LogP contribution is 2.22. The predicted molar refractivity (Wildman–Crippen MR) is 86.7 cm³/mol. The van der Waals surface area contributed by atoms with Gasteiger partial charge in [-0.15, -0.1) is 0 Å². The van der Waals surface area contributed by atoms with Crippen molar-refractivity contribution < 1.29 is 29.3 Å². The summed E-state index contributed by atoms with van der Waals surface area (Å²) in [5.74, 6) is -1.25. The first-order valence-corrected chi connectivity index (χ1v) is 7.19. The number of anilines is 1. The zero-order chi connectivity index (χ0) is 17.7. The Bertz CT molecular complexity index is 747. The van der Waals surface area contributed by atoms with E-state index in [9.17, 15) is 14.7 Å². The quantitative estimate of drug-likeness (QED) is 0.560. The number of carbonyl (C=O) groups is 2. The maximum Gasteiger partial charge on any atom is 0.414 e. The van der Waals surface area contributed by atoms with Crippen LogP contribution in [0.15, 0.2) is 42.5 Å². The molecule has 0 heterocycles. The molecule has 1 unspecified atom stereocenters. The van der Waals surface area contributed by atoms with Crippen LogP contribution < -0.4 is 10.1 Å². The van der Waals surface area contributed by atoms with E-state index in [1.54, 1.807) is 24.3 Å². The fourth-order valence-electron chi connectivity index (χ4n) is 1.81. The van der Waals surface area contributed by atoms with E-state index in [1.807, 2.05) is 0 Å². The van der Waals surface area contributed by atoms with E-state index >= 15 is 0 Å². The Labute approximate surface area is 142 Å². The van der Waals surface area contributed by atoms with Gasteiger partial charge >= 0.3 is 12.1 Å². The number of nitrogens with one attached hydrogen (secondary N) is 1. The van der Waals surface area contributed by atoms with Gasteiger partial charge in [0.1, 0.15) is 17.1 Å². The van der Waals surface area contributed by atoms with Crippen molar-refractivity contribution in [2.75, 3.05) is 5.32 Å². The molecule has 1 amide bonds. The molecule has 8 heteroatoms. The Hall–Kier alpha value is -2.93. The van der Waals surface area contributed by atoms with Crippen LogP contribution >= 0.6 is 11.6 Å². The number of carboxylic acid groups (broad SMARTS) is 1. The van der Waals surface area contributed by atoms with Gasteiger partial charge in [-0.05, 0) is 42.5 Å². The molecule has 0 saturated carbocycles. The second kappa shape index (κ2) is 7.56. The number of hydrogen-bond acceptors (Lipinski definition) is 5. The number of phenols is 1. The molecule has 0 radical (unpaired) electrons. The maximum absolute atomic E-state index is 11.8. The normalized spacial score (nSPS) is 11.4. The molecule has 0 spiro atoms. The number of carboxylic acids is 1. The molecular weight excluding hydrogens is 338 g/mol. The fourth-order valence-corrected chi connectivity index (χ4v) is 1.94. The van der Waals surface area contributed by atoms with E-state index in [-0.39, 0.29) is 11.3 Å². The molecule has 1 atom stereocenters. The van der Waals surface area contributed by atoms with Crippen LogP contribution in [-0.2, 0) is 4.74 Å². The molecule has 0 saturated heterocycles. The minimum absolute atomic E-state index is 0.161. The summed E-state index contributed by atoms with van der Waals surface area (Å²) in [6.07, 6.45) is -1.72. The summed E-state index contributed by atoms with van der Waals surface area (Å²) in [6.45, 7) is 1.52. The Morgan fingerprint density at radius 3 is 2.46 bits per heavy atom. The van der Waals surface area contributed by atoms with Crippen LogP contribution in [0.2, 0.25) is 5.02 Å². The van der Waals surface area contributed by atoms with Crippen LogP contribution in [0, 0.1) is 0 Å². The SMILES string of the molecule is CC(OC(=O)Nc1ccc(O)c(C(=O)O)c1)Oc1ccc(Cl)cc1. The maximum atomic E-state index is 11.8. The van der Waals surface area contributed by atoms with Crippen LogP contribution in [-0.4, -0.2) is 28.6 Å². The molecule has 7 nitrogen and oxygen atoms in total. The molecule has 126 valence electrons. The Kier molecular flexibility index (Phi) is 5.49. The van der Waals surface area contributed by atoms with Gasteiger partial charge in [0.2, 0.25) is 6.29 Å². The second-order valence-corrected chi connectivity index (χ2v) is 5.14. The molecule has 0 aliphatic carbocycles. The van der Waals surface area contributed by atoms with E-state index in [2.05, 4.69) is 5.32 Å². The lowest BCUT2D eigenvalue weighted by molar-refractivity contribution is -0.0119. The van der Waals surface area contributed by atoms with Gasteiger partial charge in [0.15, 0.2) is 0 Å². The van der Waals surface area contributed by atoms with Crippen LogP contribution in [0.1, 0.15) is 17.3 Å². The summed E-state index contributed by atoms with van der Waals surface area (Å²) in [5, 5.41) is 21.2. The first kappa shape index (κ1) is 17.4. The molecule has 0 aliphatic rings. The van der Waals surface area contributed by atoms with Gasteiger partial charge in [-0.25, -0.2) is 9.59 Å². The lowest BCUT2D eigenvalue weighted by Gasteiger charge is -2.16. The van der Waals surface area contributed by atoms with Crippen molar-refractivity contribution in [3.8, 4) is 11.5 Å². The highest BCUT2D eigenvalue weighted by Gasteiger charge is 2.14. The highest BCUT2D eigenvalue weighted by molar-refractivity contribution is 6.30. The number of aromatic carboxylic acids is 1. The number of rotatable bonds is 5. The van der Waals surface area contributed by atoms with Crippen LogP contribution in [0.3, 0.4) is 0 Å². The van der Waals surface area contributed by atoms with Crippen molar-refractivity contribution in [3.05, 3.63) is 53.1 Å². The number of benzene rings is 2. The number of ether oxygens (including phenoxy) is 2. The second-order valence-electron chi connectivity index (χ2n) is 4.71. The monoisotopic (exact) mass is 351 g/mol. The number of aromatic hydroxyl groups is 1. The smallest absolute Gasteiger partial charge is 0.414 e. The third-order valence-electron chi connectivity index (χ3n) is 2.86.